The Morgan fingerprint density at radius 3 is 2.55 bits per heavy atom. The van der Waals surface area contributed by atoms with Gasteiger partial charge in [-0.05, 0) is 59.0 Å². The molecule has 1 aliphatic rings. The van der Waals surface area contributed by atoms with Gasteiger partial charge in [-0.3, -0.25) is 0 Å². The summed E-state index contributed by atoms with van der Waals surface area (Å²) < 4.78 is 0. The summed E-state index contributed by atoms with van der Waals surface area (Å²) in [7, 11) is 2.21. The third-order valence-corrected chi connectivity index (χ3v) is 5.23. The van der Waals surface area contributed by atoms with E-state index < -0.39 is 0 Å². The minimum absolute atomic E-state index is 0.479. The molecule has 4 heteroatoms. The highest BCUT2D eigenvalue weighted by atomic mass is 32.1. The third-order valence-electron chi connectivity index (χ3n) is 4.24. The molecule has 0 radical (unpaired) electrons. The number of hydrogen-bond acceptors (Lipinski definition) is 4. The van der Waals surface area contributed by atoms with Crippen LogP contribution in [0, 0.1) is 13.8 Å². The summed E-state index contributed by atoms with van der Waals surface area (Å²) in [6, 6.07) is 2.81. The van der Waals surface area contributed by atoms with Crippen molar-refractivity contribution in [3.63, 3.8) is 0 Å². The van der Waals surface area contributed by atoms with Gasteiger partial charge in [-0.25, -0.2) is 0 Å². The molecule has 1 aromatic rings. The average Bonchev–Trinajstić information content (AvgIpc) is 2.75. The molecule has 1 aliphatic heterocycles. The molecule has 1 saturated heterocycles. The van der Waals surface area contributed by atoms with Gasteiger partial charge in [0, 0.05) is 42.0 Å². The van der Waals surface area contributed by atoms with Crippen LogP contribution in [0.25, 0.3) is 0 Å². The van der Waals surface area contributed by atoms with E-state index in [4.69, 9.17) is 0 Å². The fourth-order valence-corrected chi connectivity index (χ4v) is 3.91. The molecular formula is C16H29N3S. The lowest BCUT2D eigenvalue weighted by atomic mass is 10.1. The van der Waals surface area contributed by atoms with Crippen molar-refractivity contribution in [3.05, 3.63) is 21.4 Å². The number of nitrogens with zero attached hydrogens (tertiary/aromatic N) is 2. The number of rotatable bonds is 6. The molecule has 2 rings (SSSR count). The monoisotopic (exact) mass is 295 g/mol. The Morgan fingerprint density at radius 1 is 1.25 bits per heavy atom. The van der Waals surface area contributed by atoms with Crippen LogP contribution in [0.5, 0.6) is 0 Å². The summed E-state index contributed by atoms with van der Waals surface area (Å²) in [5.74, 6) is 0. The highest BCUT2D eigenvalue weighted by Crippen LogP contribution is 2.25. The van der Waals surface area contributed by atoms with E-state index in [1.54, 1.807) is 0 Å². The fraction of sp³-hybridized carbons (Fsp3) is 0.750. The maximum absolute atomic E-state index is 3.67. The Balaban J connectivity index is 1.64. The number of hydrogen-bond donors (Lipinski definition) is 1. The maximum Gasteiger partial charge on any atom is 0.0302 e. The van der Waals surface area contributed by atoms with E-state index in [2.05, 4.69) is 49.0 Å². The van der Waals surface area contributed by atoms with Gasteiger partial charge in [0.15, 0.2) is 0 Å². The highest BCUT2D eigenvalue weighted by Gasteiger charge is 2.13. The van der Waals surface area contributed by atoms with Gasteiger partial charge >= 0.3 is 0 Å². The van der Waals surface area contributed by atoms with Crippen LogP contribution < -0.4 is 5.32 Å². The molecule has 114 valence electrons. The molecular weight excluding hydrogens is 266 g/mol. The predicted octanol–water partition coefficient (Wildman–Crippen LogP) is 2.65. The van der Waals surface area contributed by atoms with E-state index in [1.165, 1.54) is 54.5 Å². The van der Waals surface area contributed by atoms with Gasteiger partial charge in [0.1, 0.15) is 0 Å². The standard InChI is InChI=1S/C16H29N3S/c1-13-12-16(15(3)20-13)14(2)17-6-5-7-19-10-8-18(4)9-11-19/h12,14,17H,5-11H2,1-4H3. The molecule has 0 aromatic carbocycles. The fourth-order valence-electron chi connectivity index (χ4n) is 2.88. The predicted molar refractivity (Wildman–Crippen MR) is 88.8 cm³/mol. The van der Waals surface area contributed by atoms with Gasteiger partial charge < -0.3 is 15.1 Å². The summed E-state index contributed by atoms with van der Waals surface area (Å²) in [5.41, 5.74) is 1.48. The van der Waals surface area contributed by atoms with Gasteiger partial charge in [-0.2, -0.15) is 0 Å². The molecule has 1 aromatic heterocycles. The zero-order valence-electron chi connectivity index (χ0n) is 13.4. The molecule has 1 atom stereocenters. The van der Waals surface area contributed by atoms with Gasteiger partial charge in [0.05, 0.1) is 0 Å². The highest BCUT2D eigenvalue weighted by molar-refractivity contribution is 7.12. The van der Waals surface area contributed by atoms with E-state index in [0.29, 0.717) is 6.04 Å². The first kappa shape index (κ1) is 16.0. The number of piperazine rings is 1. The molecule has 0 bridgehead atoms. The molecule has 2 heterocycles. The van der Waals surface area contributed by atoms with E-state index in [1.807, 2.05) is 11.3 Å². The van der Waals surface area contributed by atoms with Crippen molar-refractivity contribution >= 4 is 11.3 Å². The van der Waals surface area contributed by atoms with Gasteiger partial charge in [-0.15, -0.1) is 11.3 Å². The molecule has 0 amide bonds. The van der Waals surface area contributed by atoms with Crippen molar-refractivity contribution in [2.24, 2.45) is 0 Å². The molecule has 0 saturated carbocycles. The molecule has 1 fully saturated rings. The molecule has 3 nitrogen and oxygen atoms in total. The lowest BCUT2D eigenvalue weighted by Gasteiger charge is -2.32. The van der Waals surface area contributed by atoms with Crippen LogP contribution in [0.3, 0.4) is 0 Å². The van der Waals surface area contributed by atoms with Gasteiger partial charge in [-0.1, -0.05) is 0 Å². The van der Waals surface area contributed by atoms with E-state index in [9.17, 15) is 0 Å². The van der Waals surface area contributed by atoms with E-state index in [-0.39, 0.29) is 0 Å². The second-order valence-corrected chi connectivity index (χ2v) is 7.50. The first-order valence-corrected chi connectivity index (χ1v) is 8.59. The van der Waals surface area contributed by atoms with E-state index in [0.717, 1.165) is 6.54 Å². The zero-order valence-corrected chi connectivity index (χ0v) is 14.2. The topological polar surface area (TPSA) is 18.5 Å². The Labute approximate surface area is 128 Å². The van der Waals surface area contributed by atoms with Crippen molar-refractivity contribution in [1.29, 1.82) is 0 Å². The Bertz CT molecular complexity index is 408. The second-order valence-electron chi connectivity index (χ2n) is 6.04. The largest absolute Gasteiger partial charge is 0.310 e. The minimum atomic E-state index is 0.479. The molecule has 0 aliphatic carbocycles. The Hall–Kier alpha value is -0.420. The third kappa shape index (κ3) is 4.55. The average molecular weight is 295 g/mol. The zero-order chi connectivity index (χ0) is 14.5. The summed E-state index contributed by atoms with van der Waals surface area (Å²) in [6.07, 6.45) is 1.25. The van der Waals surface area contributed by atoms with Crippen LogP contribution in [0.2, 0.25) is 0 Å². The number of likely N-dealkylation sites (N-methyl/N-ethyl adjacent to an activating group) is 1. The van der Waals surface area contributed by atoms with Crippen molar-refractivity contribution in [2.45, 2.75) is 33.2 Å². The Kier molecular flexibility index (Phi) is 6.02. The van der Waals surface area contributed by atoms with Gasteiger partial charge in [0.25, 0.3) is 0 Å². The number of thiophene rings is 1. The van der Waals surface area contributed by atoms with E-state index >= 15 is 0 Å². The van der Waals surface area contributed by atoms with Crippen molar-refractivity contribution < 1.29 is 0 Å². The summed E-state index contributed by atoms with van der Waals surface area (Å²) >= 11 is 1.91. The minimum Gasteiger partial charge on any atom is -0.310 e. The number of nitrogens with one attached hydrogen (secondary N) is 1. The summed E-state index contributed by atoms with van der Waals surface area (Å²) in [4.78, 5) is 7.88. The summed E-state index contributed by atoms with van der Waals surface area (Å²) in [6.45, 7) is 14.0. The quantitative estimate of drug-likeness (QED) is 0.814. The van der Waals surface area contributed by atoms with Crippen LogP contribution in [-0.2, 0) is 0 Å². The normalized spacial score (nSPS) is 19.4. The molecule has 1 N–H and O–H groups in total. The first-order valence-electron chi connectivity index (χ1n) is 7.77. The first-order chi connectivity index (χ1) is 9.56. The lowest BCUT2D eigenvalue weighted by Crippen LogP contribution is -2.45. The number of aryl methyl sites for hydroxylation is 2. The van der Waals surface area contributed by atoms with Crippen molar-refractivity contribution in [1.82, 2.24) is 15.1 Å². The van der Waals surface area contributed by atoms with Crippen LogP contribution in [0.4, 0.5) is 0 Å². The van der Waals surface area contributed by atoms with Gasteiger partial charge in [0.2, 0.25) is 0 Å². The molecule has 1 unspecified atom stereocenters. The second kappa shape index (κ2) is 7.55. The van der Waals surface area contributed by atoms with Crippen molar-refractivity contribution in [3.8, 4) is 0 Å². The van der Waals surface area contributed by atoms with Crippen LogP contribution in [-0.4, -0.2) is 56.1 Å². The Morgan fingerprint density at radius 2 is 1.95 bits per heavy atom. The molecule has 0 spiro atoms. The van der Waals surface area contributed by atoms with Crippen LogP contribution in [0.1, 0.15) is 34.7 Å². The van der Waals surface area contributed by atoms with Crippen LogP contribution >= 0.6 is 11.3 Å². The van der Waals surface area contributed by atoms with Crippen LogP contribution in [0.15, 0.2) is 6.07 Å². The molecule has 20 heavy (non-hydrogen) atoms. The lowest BCUT2D eigenvalue weighted by molar-refractivity contribution is 0.152. The maximum atomic E-state index is 3.67. The SMILES string of the molecule is Cc1cc(C(C)NCCCN2CCN(C)CC2)c(C)s1. The summed E-state index contributed by atoms with van der Waals surface area (Å²) in [5, 5.41) is 3.67. The smallest absolute Gasteiger partial charge is 0.0302 e. The van der Waals surface area contributed by atoms with Crippen molar-refractivity contribution in [2.75, 3.05) is 46.3 Å².